The molecule has 6 heteroatoms. The SMILES string of the molecule is CC[C@@H]1C[C@@H](CCCC#N)C[C@@H]1C(=N)n1c(=N)cnc2[nH]ccc21. The van der Waals surface area contributed by atoms with Gasteiger partial charge in [0.05, 0.1) is 17.8 Å². The first-order valence-corrected chi connectivity index (χ1v) is 8.71. The van der Waals surface area contributed by atoms with Gasteiger partial charge in [0.1, 0.15) is 11.3 Å². The Balaban J connectivity index is 1.85. The molecule has 0 amide bonds. The van der Waals surface area contributed by atoms with Gasteiger partial charge in [-0.2, -0.15) is 5.26 Å². The van der Waals surface area contributed by atoms with Crippen molar-refractivity contribution in [2.45, 2.75) is 45.4 Å². The molecule has 2 aromatic heterocycles. The van der Waals surface area contributed by atoms with Crippen molar-refractivity contribution in [3.8, 4) is 6.07 Å². The van der Waals surface area contributed by atoms with Crippen LogP contribution in [0.1, 0.15) is 45.4 Å². The molecule has 6 nitrogen and oxygen atoms in total. The Morgan fingerprint density at radius 1 is 1.50 bits per heavy atom. The van der Waals surface area contributed by atoms with Crippen molar-refractivity contribution in [1.82, 2.24) is 14.5 Å². The van der Waals surface area contributed by atoms with E-state index in [4.69, 9.17) is 16.1 Å². The van der Waals surface area contributed by atoms with Crippen LogP contribution in [0.25, 0.3) is 11.2 Å². The number of rotatable bonds is 5. The van der Waals surface area contributed by atoms with Crippen LogP contribution in [0.3, 0.4) is 0 Å². The molecule has 3 atom stereocenters. The Morgan fingerprint density at radius 2 is 2.33 bits per heavy atom. The third-order valence-electron chi connectivity index (χ3n) is 5.31. The lowest BCUT2D eigenvalue weighted by Gasteiger charge is -2.21. The molecule has 24 heavy (non-hydrogen) atoms. The van der Waals surface area contributed by atoms with Gasteiger partial charge in [-0.3, -0.25) is 15.4 Å². The van der Waals surface area contributed by atoms with E-state index in [1.807, 2.05) is 6.07 Å². The predicted octanol–water partition coefficient (Wildman–Crippen LogP) is 3.42. The molecule has 126 valence electrons. The van der Waals surface area contributed by atoms with E-state index in [2.05, 4.69) is 23.0 Å². The number of aromatic nitrogens is 3. The van der Waals surface area contributed by atoms with Crippen molar-refractivity contribution in [1.29, 1.82) is 16.1 Å². The zero-order valence-electron chi connectivity index (χ0n) is 14.0. The van der Waals surface area contributed by atoms with Crippen molar-refractivity contribution in [3.63, 3.8) is 0 Å². The van der Waals surface area contributed by atoms with Crippen LogP contribution >= 0.6 is 0 Å². The number of nitriles is 1. The molecule has 0 radical (unpaired) electrons. The maximum atomic E-state index is 8.77. The molecule has 0 spiro atoms. The van der Waals surface area contributed by atoms with Gasteiger partial charge in [-0.1, -0.05) is 13.3 Å². The Morgan fingerprint density at radius 3 is 3.08 bits per heavy atom. The topological polar surface area (TPSA) is 105 Å². The van der Waals surface area contributed by atoms with E-state index in [1.54, 1.807) is 10.8 Å². The van der Waals surface area contributed by atoms with E-state index < -0.39 is 0 Å². The van der Waals surface area contributed by atoms with Crippen LogP contribution < -0.4 is 5.49 Å². The van der Waals surface area contributed by atoms with Gasteiger partial charge < -0.3 is 4.98 Å². The Labute approximate surface area is 141 Å². The minimum atomic E-state index is 0.177. The highest BCUT2D eigenvalue weighted by Crippen LogP contribution is 2.41. The number of H-pyrrole nitrogens is 1. The van der Waals surface area contributed by atoms with Crippen molar-refractivity contribution < 1.29 is 0 Å². The van der Waals surface area contributed by atoms with E-state index in [0.717, 1.165) is 37.6 Å². The summed E-state index contributed by atoms with van der Waals surface area (Å²) in [5.41, 5.74) is 1.78. The van der Waals surface area contributed by atoms with E-state index in [1.165, 1.54) is 6.20 Å². The first-order valence-electron chi connectivity index (χ1n) is 8.71. The first-order chi connectivity index (χ1) is 11.7. The molecule has 1 saturated carbocycles. The number of fused-ring (bicyclic) bond motifs is 1. The molecule has 3 N–H and O–H groups in total. The summed E-state index contributed by atoms with van der Waals surface area (Å²) in [6.45, 7) is 2.19. The van der Waals surface area contributed by atoms with Gasteiger partial charge >= 0.3 is 0 Å². The Hall–Kier alpha value is -2.42. The molecule has 0 aromatic carbocycles. The van der Waals surface area contributed by atoms with E-state index in [9.17, 15) is 0 Å². The average molecular weight is 324 g/mol. The lowest BCUT2D eigenvalue weighted by Crippen LogP contribution is -2.33. The fourth-order valence-electron chi connectivity index (χ4n) is 4.11. The van der Waals surface area contributed by atoms with Gasteiger partial charge in [0.15, 0.2) is 5.65 Å². The highest BCUT2D eigenvalue weighted by molar-refractivity contribution is 5.91. The van der Waals surface area contributed by atoms with Gasteiger partial charge in [-0.25, -0.2) is 4.98 Å². The Kier molecular flexibility index (Phi) is 4.79. The van der Waals surface area contributed by atoms with Crippen molar-refractivity contribution in [3.05, 3.63) is 23.9 Å². The predicted molar refractivity (Wildman–Crippen MR) is 92.5 cm³/mol. The van der Waals surface area contributed by atoms with Crippen molar-refractivity contribution in [2.75, 3.05) is 0 Å². The van der Waals surface area contributed by atoms with Crippen LogP contribution in [0.5, 0.6) is 0 Å². The molecular formula is C18H24N6. The zero-order valence-corrected chi connectivity index (χ0v) is 14.0. The van der Waals surface area contributed by atoms with Crippen molar-refractivity contribution in [2.24, 2.45) is 17.8 Å². The lowest BCUT2D eigenvalue weighted by molar-refractivity contribution is 0.437. The van der Waals surface area contributed by atoms with Crippen LogP contribution in [0, 0.1) is 39.9 Å². The second-order valence-corrected chi connectivity index (χ2v) is 6.74. The summed E-state index contributed by atoms with van der Waals surface area (Å²) in [4.78, 5) is 7.28. The standard InChI is InChI=1S/C18H24N6/c1-2-13-9-12(5-3-4-7-19)10-14(13)17(21)24-15-6-8-22-18(15)23-11-16(24)20/h6,8,11-14,20-22H,2-5,9-10H2,1H3/t12-,13-,14+/m1/s1. The molecule has 0 aliphatic heterocycles. The van der Waals surface area contributed by atoms with Gasteiger partial charge in [-0.15, -0.1) is 0 Å². The number of nitrogens with zero attached hydrogens (tertiary/aromatic N) is 3. The van der Waals surface area contributed by atoms with Crippen molar-refractivity contribution >= 4 is 17.0 Å². The number of hydrogen-bond donors (Lipinski definition) is 3. The van der Waals surface area contributed by atoms with Crippen LogP contribution in [0.4, 0.5) is 0 Å². The molecule has 1 fully saturated rings. The monoisotopic (exact) mass is 324 g/mol. The summed E-state index contributed by atoms with van der Waals surface area (Å²) in [5, 5.41) is 25.7. The fourth-order valence-corrected chi connectivity index (χ4v) is 4.11. The van der Waals surface area contributed by atoms with E-state index >= 15 is 0 Å². The van der Waals surface area contributed by atoms with Gasteiger partial charge in [0.2, 0.25) is 0 Å². The third kappa shape index (κ3) is 2.99. The minimum absolute atomic E-state index is 0.177. The van der Waals surface area contributed by atoms with Crippen LogP contribution in [-0.4, -0.2) is 20.4 Å². The summed E-state index contributed by atoms with van der Waals surface area (Å²) in [5.74, 6) is 1.77. The molecule has 0 unspecified atom stereocenters. The van der Waals surface area contributed by atoms with E-state index in [-0.39, 0.29) is 11.4 Å². The van der Waals surface area contributed by atoms with Crippen LogP contribution in [0.2, 0.25) is 0 Å². The highest BCUT2D eigenvalue weighted by atomic mass is 15.1. The molecule has 1 aliphatic carbocycles. The molecule has 2 aromatic rings. The molecule has 1 aliphatic rings. The Bertz CT molecular complexity index is 824. The summed E-state index contributed by atoms with van der Waals surface area (Å²) < 4.78 is 1.73. The number of aromatic amines is 1. The molecule has 0 bridgehead atoms. The lowest BCUT2D eigenvalue weighted by atomic mass is 9.92. The summed E-state index contributed by atoms with van der Waals surface area (Å²) in [7, 11) is 0. The number of hydrogen-bond acceptors (Lipinski definition) is 4. The molecule has 0 saturated heterocycles. The second kappa shape index (κ2) is 7.00. The summed E-state index contributed by atoms with van der Waals surface area (Å²) in [6, 6.07) is 4.10. The fraction of sp³-hybridized carbons (Fsp3) is 0.556. The normalized spacial score (nSPS) is 23.4. The van der Waals surface area contributed by atoms with Crippen LogP contribution in [-0.2, 0) is 0 Å². The van der Waals surface area contributed by atoms with Gasteiger partial charge in [0, 0.05) is 18.5 Å². The highest BCUT2D eigenvalue weighted by Gasteiger charge is 2.36. The zero-order chi connectivity index (χ0) is 17.1. The smallest absolute Gasteiger partial charge is 0.154 e. The number of unbranched alkanes of at least 4 members (excludes halogenated alkanes) is 1. The molecule has 3 rings (SSSR count). The summed E-state index contributed by atoms with van der Waals surface area (Å²) >= 11 is 0. The first kappa shape index (κ1) is 16.4. The third-order valence-corrected chi connectivity index (χ3v) is 5.31. The minimum Gasteiger partial charge on any atom is -0.345 e. The largest absolute Gasteiger partial charge is 0.345 e. The van der Waals surface area contributed by atoms with Gasteiger partial charge in [0.25, 0.3) is 0 Å². The molecule has 2 heterocycles. The number of nitrogens with one attached hydrogen (secondary N) is 3. The maximum Gasteiger partial charge on any atom is 0.154 e. The van der Waals surface area contributed by atoms with Gasteiger partial charge in [-0.05, 0) is 43.6 Å². The molecular weight excluding hydrogens is 300 g/mol. The summed E-state index contributed by atoms with van der Waals surface area (Å²) in [6.07, 6.45) is 9.12. The maximum absolute atomic E-state index is 8.77. The quantitative estimate of drug-likeness (QED) is 0.445. The second-order valence-electron chi connectivity index (χ2n) is 6.74. The van der Waals surface area contributed by atoms with E-state index in [0.29, 0.717) is 29.7 Å². The van der Waals surface area contributed by atoms with Crippen LogP contribution in [0.15, 0.2) is 18.5 Å². The average Bonchev–Trinajstić information content (AvgIpc) is 3.20.